The third kappa shape index (κ3) is 3.86. The molecule has 1 fully saturated rings. The minimum atomic E-state index is -0.802. The van der Waals surface area contributed by atoms with Crippen LogP contribution in [0.3, 0.4) is 0 Å². The number of benzene rings is 2. The summed E-state index contributed by atoms with van der Waals surface area (Å²) >= 11 is 1.13. The second-order valence-electron chi connectivity index (χ2n) is 8.09. The number of rotatable bonds is 5. The monoisotopic (exact) mass is 481 g/mol. The Kier molecular flexibility index (Phi) is 5.89. The van der Waals surface area contributed by atoms with Crippen molar-refractivity contribution in [3.63, 3.8) is 0 Å². The number of thiophene rings is 1. The zero-order valence-electron chi connectivity index (χ0n) is 18.0. The Labute approximate surface area is 197 Å². The molecule has 0 saturated carbocycles. The molecule has 1 aliphatic heterocycles. The first-order chi connectivity index (χ1) is 16.5. The van der Waals surface area contributed by atoms with Crippen LogP contribution in [0, 0.1) is 11.6 Å². The third-order valence-electron chi connectivity index (χ3n) is 5.99. The fourth-order valence-electron chi connectivity index (χ4n) is 4.33. The summed E-state index contributed by atoms with van der Waals surface area (Å²) < 4.78 is 29.5. The number of hydrogen-bond donors (Lipinski definition) is 2. The van der Waals surface area contributed by atoms with E-state index < -0.39 is 11.6 Å². The quantitative estimate of drug-likeness (QED) is 0.435. The van der Waals surface area contributed by atoms with Crippen molar-refractivity contribution in [3.05, 3.63) is 87.5 Å². The molecule has 0 bridgehead atoms. The molecule has 34 heavy (non-hydrogen) atoms. The van der Waals surface area contributed by atoms with Crippen molar-refractivity contribution in [3.8, 4) is 5.69 Å². The first-order valence-electron chi connectivity index (χ1n) is 10.9. The number of aliphatic hydroxyl groups is 1. The van der Waals surface area contributed by atoms with Crippen LogP contribution >= 0.6 is 11.3 Å². The van der Waals surface area contributed by atoms with Crippen LogP contribution in [0.15, 0.2) is 65.5 Å². The molecule has 1 aliphatic rings. The molecule has 1 atom stereocenters. The number of nitrogens with one attached hydrogen (secondary N) is 1. The Balaban J connectivity index is 1.72. The van der Waals surface area contributed by atoms with Gasteiger partial charge in [0.2, 0.25) is 0 Å². The summed E-state index contributed by atoms with van der Waals surface area (Å²) in [5.41, 5.74) is 0.705. The van der Waals surface area contributed by atoms with Crippen LogP contribution in [-0.2, 0) is 0 Å². The molecular weight excluding hydrogens is 460 g/mol. The maximum Gasteiger partial charge on any atom is 0.266 e. The van der Waals surface area contributed by atoms with Gasteiger partial charge in [-0.3, -0.25) is 14.2 Å². The largest absolute Gasteiger partial charge is 0.394 e. The number of nitrogens with zero attached hydrogens (tertiary/aromatic N) is 2. The van der Waals surface area contributed by atoms with Gasteiger partial charge in [-0.1, -0.05) is 18.2 Å². The van der Waals surface area contributed by atoms with Crippen molar-refractivity contribution in [1.82, 2.24) is 9.47 Å². The van der Waals surface area contributed by atoms with Gasteiger partial charge in [0.05, 0.1) is 29.7 Å². The Morgan fingerprint density at radius 3 is 2.65 bits per heavy atom. The number of aromatic nitrogens is 1. The van der Waals surface area contributed by atoms with Gasteiger partial charge < -0.3 is 15.3 Å². The van der Waals surface area contributed by atoms with Gasteiger partial charge in [-0.15, -0.1) is 11.3 Å². The molecule has 0 radical (unpaired) electrons. The molecule has 0 unspecified atom stereocenters. The number of halogens is 2. The van der Waals surface area contributed by atoms with Crippen LogP contribution in [0.25, 0.3) is 15.9 Å². The van der Waals surface area contributed by atoms with E-state index in [1.54, 1.807) is 23.1 Å². The Morgan fingerprint density at radius 1 is 1.12 bits per heavy atom. The van der Waals surface area contributed by atoms with E-state index in [1.165, 1.54) is 16.7 Å². The molecule has 2 aromatic carbocycles. The Morgan fingerprint density at radius 2 is 1.91 bits per heavy atom. The summed E-state index contributed by atoms with van der Waals surface area (Å²) in [6.07, 6.45) is 1.46. The number of amides is 1. The lowest BCUT2D eigenvalue weighted by Crippen LogP contribution is -2.37. The van der Waals surface area contributed by atoms with E-state index in [-0.39, 0.29) is 34.7 Å². The van der Waals surface area contributed by atoms with Gasteiger partial charge in [0.15, 0.2) is 0 Å². The molecule has 2 N–H and O–H groups in total. The molecule has 2 aromatic heterocycles. The van der Waals surface area contributed by atoms with Gasteiger partial charge in [0, 0.05) is 24.1 Å². The van der Waals surface area contributed by atoms with Crippen LogP contribution in [0.4, 0.5) is 20.2 Å². The van der Waals surface area contributed by atoms with E-state index in [4.69, 9.17) is 0 Å². The van der Waals surface area contributed by atoms with Crippen LogP contribution in [-0.4, -0.2) is 39.7 Å². The summed E-state index contributed by atoms with van der Waals surface area (Å²) in [4.78, 5) is 28.9. The maximum absolute atomic E-state index is 14.5. The summed E-state index contributed by atoms with van der Waals surface area (Å²) in [5.74, 6) is -1.83. The molecular formula is C25H21F2N3O3S. The number of fused-ring (bicyclic) bond motifs is 1. The Bertz CT molecular complexity index is 1430. The van der Waals surface area contributed by atoms with E-state index in [0.717, 1.165) is 29.9 Å². The number of pyridine rings is 1. The Hall–Kier alpha value is -3.56. The van der Waals surface area contributed by atoms with Gasteiger partial charge in [0.1, 0.15) is 21.3 Å². The van der Waals surface area contributed by atoms with Crippen molar-refractivity contribution < 1.29 is 18.7 Å². The SMILES string of the molecule is O=C(c1sc2c(ccc(=O)n2-c2ccccc2)c1Nc1ccc(F)cc1F)N1CCC[C@@H]1CO. The average molecular weight is 482 g/mol. The molecule has 1 saturated heterocycles. The van der Waals surface area contributed by atoms with E-state index in [2.05, 4.69) is 5.32 Å². The van der Waals surface area contributed by atoms with Crippen molar-refractivity contribution >= 4 is 38.8 Å². The molecule has 4 aromatic rings. The van der Waals surface area contributed by atoms with Gasteiger partial charge in [-0.2, -0.15) is 0 Å². The first-order valence-corrected chi connectivity index (χ1v) is 11.7. The lowest BCUT2D eigenvalue weighted by Gasteiger charge is -2.23. The van der Waals surface area contributed by atoms with Gasteiger partial charge >= 0.3 is 0 Å². The second-order valence-corrected chi connectivity index (χ2v) is 9.09. The number of carbonyl (C=O) groups is 1. The van der Waals surface area contributed by atoms with Crippen molar-refractivity contribution in [2.24, 2.45) is 0 Å². The van der Waals surface area contributed by atoms with Crippen LogP contribution in [0.2, 0.25) is 0 Å². The number of hydrogen-bond acceptors (Lipinski definition) is 5. The summed E-state index contributed by atoms with van der Waals surface area (Å²) in [6, 6.07) is 14.9. The zero-order chi connectivity index (χ0) is 23.8. The predicted octanol–water partition coefficient (Wildman–Crippen LogP) is 4.67. The highest BCUT2D eigenvalue weighted by molar-refractivity contribution is 7.21. The molecule has 3 heterocycles. The normalized spacial score (nSPS) is 15.7. The highest BCUT2D eigenvalue weighted by Gasteiger charge is 2.32. The van der Waals surface area contributed by atoms with Gasteiger partial charge in [-0.25, -0.2) is 8.78 Å². The molecule has 0 spiro atoms. The second kappa shape index (κ2) is 9.00. The van der Waals surface area contributed by atoms with Crippen LogP contribution in [0.1, 0.15) is 22.5 Å². The summed E-state index contributed by atoms with van der Waals surface area (Å²) in [5, 5.41) is 13.3. The minimum absolute atomic E-state index is 0.00717. The highest BCUT2D eigenvalue weighted by Crippen LogP contribution is 2.40. The van der Waals surface area contributed by atoms with Crippen molar-refractivity contribution in [2.45, 2.75) is 18.9 Å². The number of carbonyl (C=O) groups excluding carboxylic acids is 1. The fourth-order valence-corrected chi connectivity index (χ4v) is 5.55. The lowest BCUT2D eigenvalue weighted by atomic mass is 10.2. The smallest absolute Gasteiger partial charge is 0.266 e. The topological polar surface area (TPSA) is 74.6 Å². The minimum Gasteiger partial charge on any atom is -0.394 e. The zero-order valence-corrected chi connectivity index (χ0v) is 18.8. The van der Waals surface area contributed by atoms with Crippen LogP contribution in [0.5, 0.6) is 0 Å². The molecule has 5 rings (SSSR count). The highest BCUT2D eigenvalue weighted by atomic mass is 32.1. The van der Waals surface area contributed by atoms with Gasteiger partial charge in [0.25, 0.3) is 11.5 Å². The fraction of sp³-hybridized carbons (Fsp3) is 0.200. The molecule has 6 nitrogen and oxygen atoms in total. The first kappa shape index (κ1) is 22.2. The standard InChI is InChI=1S/C25H21F2N3O3S/c26-15-8-10-20(19(27)13-15)28-22-18-9-11-21(32)30(16-5-2-1-3-6-16)25(18)34-23(22)24(33)29-12-4-7-17(29)14-31/h1-3,5-6,8-11,13,17,28,31H,4,7,12,14H2/t17-/m1/s1. The molecule has 9 heteroatoms. The van der Waals surface area contributed by atoms with E-state index in [0.29, 0.717) is 34.6 Å². The summed E-state index contributed by atoms with van der Waals surface area (Å²) in [7, 11) is 0. The maximum atomic E-state index is 14.5. The lowest BCUT2D eigenvalue weighted by molar-refractivity contribution is 0.0683. The number of anilines is 2. The van der Waals surface area contributed by atoms with E-state index >= 15 is 0 Å². The van der Waals surface area contributed by atoms with Crippen LogP contribution < -0.4 is 10.9 Å². The van der Waals surface area contributed by atoms with E-state index in [9.17, 15) is 23.5 Å². The summed E-state index contributed by atoms with van der Waals surface area (Å²) in [6.45, 7) is 0.342. The third-order valence-corrected chi connectivity index (χ3v) is 7.17. The predicted molar refractivity (Wildman–Crippen MR) is 128 cm³/mol. The van der Waals surface area contributed by atoms with Crippen molar-refractivity contribution in [1.29, 1.82) is 0 Å². The van der Waals surface area contributed by atoms with Crippen molar-refractivity contribution in [2.75, 3.05) is 18.5 Å². The molecule has 0 aliphatic carbocycles. The number of likely N-dealkylation sites (tertiary alicyclic amines) is 1. The molecule has 174 valence electrons. The molecule has 1 amide bonds. The average Bonchev–Trinajstić information content (AvgIpc) is 3.46. The van der Waals surface area contributed by atoms with Gasteiger partial charge in [-0.05, 0) is 43.2 Å². The number of aliphatic hydroxyl groups excluding tert-OH is 1. The van der Waals surface area contributed by atoms with E-state index in [1.807, 2.05) is 18.2 Å². The number of para-hydroxylation sites is 1.